The molecule has 0 saturated carbocycles. The van der Waals surface area contributed by atoms with Crippen molar-refractivity contribution in [3.63, 3.8) is 0 Å². The molecule has 0 fully saturated rings. The Kier molecular flexibility index (Phi) is 5.94. The van der Waals surface area contributed by atoms with Crippen molar-refractivity contribution in [2.24, 2.45) is 0 Å². The third-order valence-corrected chi connectivity index (χ3v) is 4.76. The molecule has 0 bridgehead atoms. The molecule has 0 spiro atoms. The van der Waals surface area contributed by atoms with Gasteiger partial charge >= 0.3 is 0 Å². The summed E-state index contributed by atoms with van der Waals surface area (Å²) in [5, 5.41) is 18.8. The highest BCUT2D eigenvalue weighted by Crippen LogP contribution is 2.19. The van der Waals surface area contributed by atoms with Crippen LogP contribution in [0.3, 0.4) is 0 Å². The number of hydrogen-bond acceptors (Lipinski definition) is 4. The zero-order chi connectivity index (χ0) is 14.6. The number of aliphatic hydroxyl groups is 2. The predicted octanol–water partition coefficient (Wildman–Crippen LogP) is 1.20. The number of rotatable bonds is 6. The van der Waals surface area contributed by atoms with E-state index in [-0.39, 0.29) is 18.0 Å². The topological polar surface area (TPSA) is 77.8 Å². The quantitative estimate of drug-likeness (QED) is 0.807. The highest BCUT2D eigenvalue weighted by Gasteiger charge is 2.26. The zero-order valence-corrected chi connectivity index (χ0v) is 13.2. The van der Waals surface area contributed by atoms with E-state index in [0.717, 1.165) is 8.78 Å². The molecule has 2 N–H and O–H groups in total. The summed E-state index contributed by atoms with van der Waals surface area (Å²) in [5.74, 6) is 0. The van der Waals surface area contributed by atoms with Crippen molar-refractivity contribution in [2.45, 2.75) is 31.0 Å². The van der Waals surface area contributed by atoms with E-state index in [1.54, 1.807) is 12.1 Å². The zero-order valence-electron chi connectivity index (χ0n) is 10.8. The van der Waals surface area contributed by atoms with Crippen LogP contribution in [-0.2, 0) is 10.0 Å². The van der Waals surface area contributed by atoms with Gasteiger partial charge in [0.15, 0.2) is 0 Å². The minimum absolute atomic E-state index is 0.0523. The Morgan fingerprint density at radius 2 is 1.53 bits per heavy atom. The molecule has 0 aliphatic rings. The molecule has 0 saturated heterocycles. The molecule has 0 heterocycles. The van der Waals surface area contributed by atoms with Gasteiger partial charge in [0.2, 0.25) is 10.0 Å². The Morgan fingerprint density at radius 3 is 1.89 bits per heavy atom. The van der Waals surface area contributed by atoms with Gasteiger partial charge < -0.3 is 10.2 Å². The van der Waals surface area contributed by atoms with Crippen LogP contribution in [0.15, 0.2) is 33.6 Å². The van der Waals surface area contributed by atoms with E-state index in [0.29, 0.717) is 0 Å². The number of benzene rings is 1. The van der Waals surface area contributed by atoms with Gasteiger partial charge in [0.05, 0.1) is 17.1 Å². The van der Waals surface area contributed by atoms with Crippen molar-refractivity contribution in [2.75, 3.05) is 13.1 Å². The third-order valence-electron chi connectivity index (χ3n) is 2.39. The number of hydrogen-bond donors (Lipinski definition) is 2. The van der Waals surface area contributed by atoms with Gasteiger partial charge in [0, 0.05) is 17.6 Å². The maximum absolute atomic E-state index is 12.4. The lowest BCUT2D eigenvalue weighted by Gasteiger charge is -2.24. The Morgan fingerprint density at radius 1 is 1.11 bits per heavy atom. The lowest BCUT2D eigenvalue weighted by atomic mass is 10.3. The van der Waals surface area contributed by atoms with Crippen LogP contribution in [0.2, 0.25) is 0 Å². The Bertz CT molecular complexity index is 489. The minimum Gasteiger partial charge on any atom is -0.392 e. The van der Waals surface area contributed by atoms with E-state index in [1.165, 1.54) is 26.0 Å². The second kappa shape index (κ2) is 6.81. The molecule has 7 heteroatoms. The largest absolute Gasteiger partial charge is 0.392 e. The van der Waals surface area contributed by atoms with Crippen LogP contribution in [0, 0.1) is 0 Å². The molecule has 0 aliphatic heterocycles. The fourth-order valence-corrected chi connectivity index (χ4v) is 3.48. The fraction of sp³-hybridized carbons (Fsp3) is 0.500. The summed E-state index contributed by atoms with van der Waals surface area (Å²) in [6.07, 6.45) is -1.60. The molecule has 1 aromatic rings. The summed E-state index contributed by atoms with van der Waals surface area (Å²) in [7, 11) is -3.72. The highest BCUT2D eigenvalue weighted by atomic mass is 79.9. The minimum atomic E-state index is -3.72. The van der Waals surface area contributed by atoms with Gasteiger partial charge in [0.1, 0.15) is 0 Å². The van der Waals surface area contributed by atoms with Crippen molar-refractivity contribution < 1.29 is 18.6 Å². The summed E-state index contributed by atoms with van der Waals surface area (Å²) in [4.78, 5) is 0.136. The van der Waals surface area contributed by atoms with Gasteiger partial charge in [-0.3, -0.25) is 0 Å². The summed E-state index contributed by atoms with van der Waals surface area (Å²) < 4.78 is 26.7. The molecule has 108 valence electrons. The molecular weight excluding hydrogens is 334 g/mol. The van der Waals surface area contributed by atoms with Crippen LogP contribution in [-0.4, -0.2) is 48.2 Å². The maximum atomic E-state index is 12.4. The molecule has 0 amide bonds. The molecule has 0 aliphatic carbocycles. The van der Waals surface area contributed by atoms with E-state index in [9.17, 15) is 18.6 Å². The first-order valence-corrected chi connectivity index (χ1v) is 8.08. The molecule has 2 atom stereocenters. The Labute approximate surface area is 122 Å². The van der Waals surface area contributed by atoms with E-state index in [4.69, 9.17) is 0 Å². The van der Waals surface area contributed by atoms with Crippen molar-refractivity contribution in [1.82, 2.24) is 4.31 Å². The lowest BCUT2D eigenvalue weighted by molar-refractivity contribution is 0.125. The second-order valence-electron chi connectivity index (χ2n) is 4.47. The average molecular weight is 352 g/mol. The maximum Gasteiger partial charge on any atom is 0.243 e. The molecule has 0 radical (unpaired) electrons. The van der Waals surface area contributed by atoms with Crippen LogP contribution in [0.25, 0.3) is 0 Å². The number of halogens is 1. The SMILES string of the molecule is C[C@H](O)CN(C[C@H](C)O)S(=O)(=O)c1ccc(Br)cc1. The van der Waals surface area contributed by atoms with Crippen LogP contribution < -0.4 is 0 Å². The third kappa shape index (κ3) is 4.85. The lowest BCUT2D eigenvalue weighted by Crippen LogP contribution is -2.40. The van der Waals surface area contributed by atoms with Crippen LogP contribution in [0.4, 0.5) is 0 Å². The standard InChI is InChI=1S/C12H18BrNO4S/c1-9(15)7-14(8-10(2)16)19(17,18)12-5-3-11(13)4-6-12/h3-6,9-10,15-16H,7-8H2,1-2H3/t9-,10-/m0/s1. The number of sulfonamides is 1. The van der Waals surface area contributed by atoms with Gasteiger partial charge in [-0.25, -0.2) is 8.42 Å². The van der Waals surface area contributed by atoms with E-state index < -0.39 is 22.2 Å². The number of aliphatic hydroxyl groups excluding tert-OH is 2. The second-order valence-corrected chi connectivity index (χ2v) is 7.33. The van der Waals surface area contributed by atoms with Gasteiger partial charge in [-0.15, -0.1) is 0 Å². The van der Waals surface area contributed by atoms with Crippen molar-refractivity contribution in [3.05, 3.63) is 28.7 Å². The van der Waals surface area contributed by atoms with Crippen LogP contribution in [0.5, 0.6) is 0 Å². The summed E-state index contributed by atoms with van der Waals surface area (Å²) in [5.41, 5.74) is 0. The van der Waals surface area contributed by atoms with Crippen molar-refractivity contribution >= 4 is 26.0 Å². The predicted molar refractivity (Wildman–Crippen MR) is 76.3 cm³/mol. The van der Waals surface area contributed by atoms with Crippen LogP contribution in [0.1, 0.15) is 13.8 Å². The average Bonchev–Trinajstić information content (AvgIpc) is 2.27. The van der Waals surface area contributed by atoms with Crippen molar-refractivity contribution in [3.8, 4) is 0 Å². The van der Waals surface area contributed by atoms with Gasteiger partial charge in [-0.05, 0) is 38.1 Å². The summed E-state index contributed by atoms with van der Waals surface area (Å²) in [6.45, 7) is 2.91. The molecular formula is C12H18BrNO4S. The van der Waals surface area contributed by atoms with Gasteiger partial charge in [0.25, 0.3) is 0 Å². The molecule has 5 nitrogen and oxygen atoms in total. The van der Waals surface area contributed by atoms with Crippen molar-refractivity contribution in [1.29, 1.82) is 0 Å². The molecule has 1 rings (SSSR count). The van der Waals surface area contributed by atoms with Gasteiger partial charge in [-0.2, -0.15) is 4.31 Å². The van der Waals surface area contributed by atoms with E-state index >= 15 is 0 Å². The smallest absolute Gasteiger partial charge is 0.243 e. The van der Waals surface area contributed by atoms with E-state index in [2.05, 4.69) is 15.9 Å². The Hall–Kier alpha value is -0.470. The summed E-state index contributed by atoms with van der Waals surface area (Å²) >= 11 is 3.24. The molecule has 19 heavy (non-hydrogen) atoms. The van der Waals surface area contributed by atoms with Crippen LogP contribution >= 0.6 is 15.9 Å². The normalized spacial score (nSPS) is 15.5. The first-order valence-electron chi connectivity index (χ1n) is 5.85. The first-order chi connectivity index (χ1) is 8.73. The monoisotopic (exact) mass is 351 g/mol. The molecule has 1 aromatic carbocycles. The van der Waals surface area contributed by atoms with Gasteiger partial charge in [-0.1, -0.05) is 15.9 Å². The molecule has 0 unspecified atom stereocenters. The Balaban J connectivity index is 3.07. The summed E-state index contributed by atoms with van der Waals surface area (Å²) in [6, 6.07) is 6.23. The highest BCUT2D eigenvalue weighted by molar-refractivity contribution is 9.10. The first kappa shape index (κ1) is 16.6. The van der Waals surface area contributed by atoms with E-state index in [1.807, 2.05) is 0 Å². The molecule has 0 aromatic heterocycles. The number of nitrogens with zero attached hydrogens (tertiary/aromatic N) is 1. The fourth-order valence-electron chi connectivity index (χ4n) is 1.62.